The van der Waals surface area contributed by atoms with Crippen molar-refractivity contribution in [1.82, 2.24) is 9.97 Å². The van der Waals surface area contributed by atoms with Crippen LogP contribution in [0.4, 0.5) is 0 Å². The topological polar surface area (TPSA) is 37.9 Å². The van der Waals surface area contributed by atoms with E-state index in [-0.39, 0.29) is 0 Å². The van der Waals surface area contributed by atoms with Crippen molar-refractivity contribution in [3.63, 3.8) is 0 Å². The molecule has 0 bridgehead atoms. The highest BCUT2D eigenvalue weighted by Gasteiger charge is 2.13. The Morgan fingerprint density at radius 2 is 2.38 bits per heavy atom. The van der Waals surface area contributed by atoms with Gasteiger partial charge < -0.3 is 9.72 Å². The van der Waals surface area contributed by atoms with E-state index in [0.717, 1.165) is 30.2 Å². The van der Waals surface area contributed by atoms with Crippen LogP contribution in [0.25, 0.3) is 0 Å². The Balaban J connectivity index is 2.22. The van der Waals surface area contributed by atoms with Gasteiger partial charge in [0.2, 0.25) is 0 Å². The second-order valence-corrected chi connectivity index (χ2v) is 6.06. The van der Waals surface area contributed by atoms with Crippen molar-refractivity contribution in [1.29, 1.82) is 0 Å². The molecule has 1 N–H and O–H groups in total. The molecule has 1 aliphatic rings. The summed E-state index contributed by atoms with van der Waals surface area (Å²) in [5, 5.41) is 0.614. The number of rotatable bonds is 3. The average molecular weight is 256 g/mol. The van der Waals surface area contributed by atoms with Gasteiger partial charge in [-0.05, 0) is 5.25 Å². The highest BCUT2D eigenvalue weighted by Crippen LogP contribution is 2.19. The molecule has 0 amide bonds. The van der Waals surface area contributed by atoms with Crippen LogP contribution in [0.1, 0.15) is 30.9 Å². The standard InChI is InChI=1S/C11H16N2OS2/c1-7(2)16-6-10-12-9-3-4-14-5-8(9)11(15)13-10/h7H,3-6H2,1-2H3,(H,12,13,15). The van der Waals surface area contributed by atoms with Crippen molar-refractivity contribution in [3.05, 3.63) is 21.7 Å². The molecular formula is C11H16N2OS2. The van der Waals surface area contributed by atoms with E-state index < -0.39 is 0 Å². The number of H-pyrrole nitrogens is 1. The molecule has 0 aliphatic carbocycles. The van der Waals surface area contributed by atoms with Gasteiger partial charge in [-0.2, -0.15) is 11.8 Å². The normalized spacial score (nSPS) is 15.2. The first kappa shape index (κ1) is 12.1. The number of aromatic amines is 1. The summed E-state index contributed by atoms with van der Waals surface area (Å²) in [6.07, 6.45) is 0.917. The number of thioether (sulfide) groups is 1. The molecule has 88 valence electrons. The van der Waals surface area contributed by atoms with Crippen molar-refractivity contribution >= 4 is 24.0 Å². The van der Waals surface area contributed by atoms with Crippen molar-refractivity contribution in [2.75, 3.05) is 6.61 Å². The molecule has 0 fully saturated rings. The van der Waals surface area contributed by atoms with Crippen LogP contribution in [0.15, 0.2) is 0 Å². The van der Waals surface area contributed by atoms with Crippen LogP contribution in [0, 0.1) is 4.64 Å². The van der Waals surface area contributed by atoms with Gasteiger partial charge in [0.05, 0.1) is 19.0 Å². The maximum Gasteiger partial charge on any atom is 0.135 e. The number of hydrogen-bond donors (Lipinski definition) is 1. The smallest absolute Gasteiger partial charge is 0.135 e. The molecule has 1 aromatic rings. The van der Waals surface area contributed by atoms with Crippen molar-refractivity contribution in [3.8, 4) is 0 Å². The molecular weight excluding hydrogens is 240 g/mol. The summed E-state index contributed by atoms with van der Waals surface area (Å²) in [5.74, 6) is 1.89. The summed E-state index contributed by atoms with van der Waals surface area (Å²) < 4.78 is 6.08. The first-order valence-electron chi connectivity index (χ1n) is 5.47. The predicted molar refractivity (Wildman–Crippen MR) is 69.2 cm³/mol. The Bertz CT molecular complexity index is 428. The van der Waals surface area contributed by atoms with E-state index >= 15 is 0 Å². The molecule has 1 aromatic heterocycles. The number of hydrogen-bond acceptors (Lipinski definition) is 4. The second kappa shape index (κ2) is 5.29. The lowest BCUT2D eigenvalue weighted by Crippen LogP contribution is -2.15. The van der Waals surface area contributed by atoms with Crippen LogP contribution in [0.3, 0.4) is 0 Å². The van der Waals surface area contributed by atoms with E-state index in [0.29, 0.717) is 16.5 Å². The van der Waals surface area contributed by atoms with Gasteiger partial charge in [0.25, 0.3) is 0 Å². The Morgan fingerprint density at radius 3 is 3.12 bits per heavy atom. The Kier molecular flexibility index (Phi) is 4.00. The van der Waals surface area contributed by atoms with Crippen LogP contribution in [0.2, 0.25) is 0 Å². The van der Waals surface area contributed by atoms with Crippen LogP contribution in [0.5, 0.6) is 0 Å². The minimum absolute atomic E-state index is 0.606. The van der Waals surface area contributed by atoms with E-state index in [2.05, 4.69) is 23.8 Å². The SMILES string of the molecule is CC(C)SCc1nc(=S)c2c([nH]1)CCOC2. The summed E-state index contributed by atoms with van der Waals surface area (Å²) in [5.41, 5.74) is 2.28. The molecule has 0 spiro atoms. The molecule has 5 heteroatoms. The largest absolute Gasteiger partial charge is 0.376 e. The molecule has 0 atom stereocenters. The summed E-state index contributed by atoms with van der Waals surface area (Å²) in [6, 6.07) is 0. The third-order valence-electron chi connectivity index (χ3n) is 2.45. The molecule has 2 heterocycles. The Hall–Kier alpha value is -0.390. The molecule has 1 aliphatic heterocycles. The third kappa shape index (κ3) is 2.84. The van der Waals surface area contributed by atoms with Gasteiger partial charge in [0, 0.05) is 17.7 Å². The average Bonchev–Trinajstić information content (AvgIpc) is 2.26. The zero-order valence-electron chi connectivity index (χ0n) is 9.58. The fraction of sp³-hybridized carbons (Fsp3) is 0.636. The fourth-order valence-electron chi connectivity index (χ4n) is 1.62. The van der Waals surface area contributed by atoms with Gasteiger partial charge >= 0.3 is 0 Å². The number of aromatic nitrogens is 2. The number of nitrogens with one attached hydrogen (secondary N) is 1. The molecule has 0 radical (unpaired) electrons. The van der Waals surface area contributed by atoms with Gasteiger partial charge in [0.1, 0.15) is 10.5 Å². The predicted octanol–water partition coefficient (Wildman–Crippen LogP) is 2.85. The summed E-state index contributed by atoms with van der Waals surface area (Å²) >= 11 is 7.16. The molecule has 0 aromatic carbocycles. The monoisotopic (exact) mass is 256 g/mol. The summed E-state index contributed by atoms with van der Waals surface area (Å²) in [4.78, 5) is 7.80. The maximum atomic E-state index is 5.38. The second-order valence-electron chi connectivity index (χ2n) is 4.11. The quantitative estimate of drug-likeness (QED) is 0.844. The lowest BCUT2D eigenvalue weighted by Gasteiger charge is -2.17. The molecule has 3 nitrogen and oxygen atoms in total. The van der Waals surface area contributed by atoms with Gasteiger partial charge in [-0.1, -0.05) is 26.1 Å². The maximum absolute atomic E-state index is 5.38. The number of ether oxygens (including phenoxy) is 1. The fourth-order valence-corrected chi connectivity index (χ4v) is 2.54. The van der Waals surface area contributed by atoms with Gasteiger partial charge in [-0.25, -0.2) is 4.98 Å². The van der Waals surface area contributed by atoms with E-state index in [9.17, 15) is 0 Å². The summed E-state index contributed by atoms with van der Waals surface area (Å²) in [6.45, 7) is 5.76. The number of nitrogens with zero attached hydrogens (tertiary/aromatic N) is 1. The lowest BCUT2D eigenvalue weighted by molar-refractivity contribution is 0.108. The van der Waals surface area contributed by atoms with E-state index in [1.807, 2.05) is 11.8 Å². The first-order valence-corrected chi connectivity index (χ1v) is 6.93. The lowest BCUT2D eigenvalue weighted by atomic mass is 10.1. The number of fused-ring (bicyclic) bond motifs is 1. The highest BCUT2D eigenvalue weighted by atomic mass is 32.2. The molecule has 2 rings (SSSR count). The summed E-state index contributed by atoms with van der Waals surface area (Å²) in [7, 11) is 0. The zero-order chi connectivity index (χ0) is 11.5. The minimum Gasteiger partial charge on any atom is -0.376 e. The molecule has 0 saturated carbocycles. The van der Waals surface area contributed by atoms with Crippen LogP contribution >= 0.6 is 24.0 Å². The molecule has 0 unspecified atom stereocenters. The minimum atomic E-state index is 0.606. The zero-order valence-corrected chi connectivity index (χ0v) is 11.2. The third-order valence-corrected chi connectivity index (χ3v) is 3.89. The van der Waals surface area contributed by atoms with Gasteiger partial charge in [0.15, 0.2) is 0 Å². The molecule has 0 saturated heterocycles. The van der Waals surface area contributed by atoms with Crippen molar-refractivity contribution < 1.29 is 4.74 Å². The van der Waals surface area contributed by atoms with E-state index in [1.54, 1.807) is 0 Å². The van der Waals surface area contributed by atoms with Crippen LogP contribution in [-0.4, -0.2) is 21.8 Å². The van der Waals surface area contributed by atoms with Gasteiger partial charge in [-0.15, -0.1) is 0 Å². The Morgan fingerprint density at radius 1 is 1.56 bits per heavy atom. The van der Waals surface area contributed by atoms with Crippen LogP contribution in [-0.2, 0) is 23.5 Å². The van der Waals surface area contributed by atoms with Crippen molar-refractivity contribution in [2.45, 2.75) is 37.9 Å². The van der Waals surface area contributed by atoms with Crippen LogP contribution < -0.4 is 0 Å². The Labute approximate surface area is 105 Å². The van der Waals surface area contributed by atoms with Gasteiger partial charge in [-0.3, -0.25) is 0 Å². The molecule has 16 heavy (non-hydrogen) atoms. The highest BCUT2D eigenvalue weighted by molar-refractivity contribution is 7.99. The van der Waals surface area contributed by atoms with Crippen molar-refractivity contribution in [2.24, 2.45) is 0 Å². The first-order chi connectivity index (χ1) is 7.66. The van der Waals surface area contributed by atoms with E-state index in [1.165, 1.54) is 5.69 Å². The van der Waals surface area contributed by atoms with E-state index in [4.69, 9.17) is 17.0 Å².